The summed E-state index contributed by atoms with van der Waals surface area (Å²) >= 11 is 1.61. The van der Waals surface area contributed by atoms with Crippen molar-refractivity contribution in [3.8, 4) is 22.8 Å². The molecule has 1 unspecified atom stereocenters. The van der Waals surface area contributed by atoms with Crippen LogP contribution >= 0.6 is 11.3 Å². The number of hydrogen-bond donors (Lipinski definition) is 0. The lowest BCUT2D eigenvalue weighted by atomic mass is 9.99. The number of rotatable bonds is 5. The van der Waals surface area contributed by atoms with Crippen LogP contribution in [0, 0.1) is 20.8 Å². The maximum atomic E-state index is 5.77. The molecule has 2 aliphatic heterocycles. The average molecular weight is 464 g/mol. The molecule has 1 fully saturated rings. The topological polar surface area (TPSA) is 57.3 Å². The van der Waals surface area contributed by atoms with Gasteiger partial charge in [0.05, 0.1) is 24.6 Å². The molecule has 3 heterocycles. The van der Waals surface area contributed by atoms with Gasteiger partial charge in [-0.05, 0) is 80.1 Å². The Bertz CT molecular complexity index is 1250. The number of aromatic nitrogens is 1. The molecule has 7 heteroatoms. The highest BCUT2D eigenvalue weighted by molar-refractivity contribution is 7.07. The van der Waals surface area contributed by atoms with Crippen molar-refractivity contribution in [1.82, 2.24) is 4.68 Å². The summed E-state index contributed by atoms with van der Waals surface area (Å²) in [6, 6.07) is 10.4. The van der Waals surface area contributed by atoms with E-state index in [1.54, 1.807) is 11.3 Å². The van der Waals surface area contributed by atoms with Crippen molar-refractivity contribution in [3.63, 3.8) is 0 Å². The Morgan fingerprint density at radius 1 is 1.00 bits per heavy atom. The molecule has 0 aliphatic carbocycles. The van der Waals surface area contributed by atoms with Crippen molar-refractivity contribution in [3.05, 3.63) is 62.8 Å². The molecule has 172 valence electrons. The Balaban J connectivity index is 1.54. The zero-order valence-electron chi connectivity index (χ0n) is 19.3. The van der Waals surface area contributed by atoms with E-state index in [0.29, 0.717) is 19.8 Å². The molecule has 0 saturated carbocycles. The van der Waals surface area contributed by atoms with E-state index in [2.05, 4.69) is 38.3 Å². The molecule has 5 rings (SSSR count). The van der Waals surface area contributed by atoms with Gasteiger partial charge in [0.25, 0.3) is 0 Å². The van der Waals surface area contributed by atoms with E-state index in [4.69, 9.17) is 24.3 Å². The second-order valence-electron chi connectivity index (χ2n) is 8.59. The Kier molecular flexibility index (Phi) is 6.33. The number of benzene rings is 2. The molecule has 0 bridgehead atoms. The summed E-state index contributed by atoms with van der Waals surface area (Å²) in [5, 5.41) is 7.02. The number of aryl methyl sites for hydroxylation is 3. The van der Waals surface area contributed by atoms with Gasteiger partial charge in [0.2, 0.25) is 4.80 Å². The third-order valence-electron chi connectivity index (χ3n) is 6.14. The summed E-state index contributed by atoms with van der Waals surface area (Å²) in [5.74, 6) is 1.54. The smallest absolute Gasteiger partial charge is 0.206 e. The van der Waals surface area contributed by atoms with Crippen LogP contribution in [0.1, 0.15) is 35.1 Å². The van der Waals surface area contributed by atoms with Gasteiger partial charge >= 0.3 is 0 Å². The molecule has 2 aliphatic rings. The van der Waals surface area contributed by atoms with Crippen LogP contribution in [0.25, 0.3) is 11.3 Å². The van der Waals surface area contributed by atoms with Crippen LogP contribution < -0.4 is 14.3 Å². The first-order chi connectivity index (χ1) is 16.1. The Hall–Kier alpha value is -2.90. The van der Waals surface area contributed by atoms with E-state index >= 15 is 0 Å². The highest BCUT2D eigenvalue weighted by atomic mass is 32.1. The number of hydrogen-bond acceptors (Lipinski definition) is 6. The van der Waals surface area contributed by atoms with Crippen molar-refractivity contribution in [1.29, 1.82) is 0 Å². The SMILES string of the molecule is Cc1cc(C)c(-c2csc(=NCC3CCCO3)n2N=Cc2ccc3c(c2)OCCO3)cc1C. The van der Waals surface area contributed by atoms with E-state index in [0.717, 1.165) is 47.0 Å². The van der Waals surface area contributed by atoms with Gasteiger partial charge in [-0.2, -0.15) is 5.10 Å². The first-order valence-corrected chi connectivity index (χ1v) is 12.3. The van der Waals surface area contributed by atoms with Crippen molar-refractivity contribution < 1.29 is 14.2 Å². The van der Waals surface area contributed by atoms with Gasteiger partial charge in [-0.25, -0.2) is 4.68 Å². The molecule has 2 aromatic carbocycles. The van der Waals surface area contributed by atoms with E-state index < -0.39 is 0 Å². The minimum Gasteiger partial charge on any atom is -0.486 e. The minimum atomic E-state index is 0.203. The third kappa shape index (κ3) is 4.75. The first kappa shape index (κ1) is 21.9. The largest absolute Gasteiger partial charge is 0.486 e. The molecule has 33 heavy (non-hydrogen) atoms. The molecule has 0 spiro atoms. The minimum absolute atomic E-state index is 0.203. The van der Waals surface area contributed by atoms with Gasteiger partial charge in [-0.15, -0.1) is 11.3 Å². The monoisotopic (exact) mass is 463 g/mol. The predicted molar refractivity (Wildman–Crippen MR) is 132 cm³/mol. The predicted octanol–water partition coefficient (Wildman–Crippen LogP) is 4.87. The quantitative estimate of drug-likeness (QED) is 0.507. The zero-order valence-corrected chi connectivity index (χ0v) is 20.2. The van der Waals surface area contributed by atoms with E-state index in [1.165, 1.54) is 22.3 Å². The summed E-state index contributed by atoms with van der Waals surface area (Å²) in [5.41, 5.74) is 6.95. The van der Waals surface area contributed by atoms with Gasteiger partial charge in [-0.3, -0.25) is 4.99 Å². The lowest BCUT2D eigenvalue weighted by Gasteiger charge is -2.18. The second kappa shape index (κ2) is 9.53. The average Bonchev–Trinajstić information content (AvgIpc) is 3.48. The van der Waals surface area contributed by atoms with Gasteiger partial charge in [0.1, 0.15) is 13.2 Å². The summed E-state index contributed by atoms with van der Waals surface area (Å²) in [6.45, 7) is 9.09. The summed E-state index contributed by atoms with van der Waals surface area (Å²) in [4.78, 5) is 5.75. The number of nitrogens with zero attached hydrogens (tertiary/aromatic N) is 3. The number of thiazole rings is 1. The fourth-order valence-electron chi connectivity index (χ4n) is 4.17. The van der Waals surface area contributed by atoms with Crippen LogP contribution in [0.15, 0.2) is 45.8 Å². The summed E-state index contributed by atoms with van der Waals surface area (Å²) in [6.07, 6.45) is 4.24. The lowest BCUT2D eigenvalue weighted by Crippen LogP contribution is -2.17. The highest BCUT2D eigenvalue weighted by Crippen LogP contribution is 2.31. The number of ether oxygens (including phenoxy) is 3. The maximum absolute atomic E-state index is 5.77. The van der Waals surface area contributed by atoms with Crippen LogP contribution in [0.5, 0.6) is 11.5 Å². The standard InChI is InChI=1S/C26H29N3O3S/c1-17-11-19(3)22(12-18(17)2)23-16-33-26(27-15-21-5-4-8-30-21)29(23)28-14-20-6-7-24-25(13-20)32-10-9-31-24/h6-7,11-14,16,21H,4-5,8-10,15H2,1-3H3. The van der Waals surface area contributed by atoms with E-state index in [9.17, 15) is 0 Å². The van der Waals surface area contributed by atoms with Crippen molar-refractivity contribution in [2.75, 3.05) is 26.4 Å². The molecule has 0 radical (unpaired) electrons. The fourth-order valence-corrected chi connectivity index (χ4v) is 5.01. The van der Waals surface area contributed by atoms with Crippen molar-refractivity contribution >= 4 is 17.6 Å². The first-order valence-electron chi connectivity index (χ1n) is 11.4. The Labute approximate surface area is 198 Å². The molecular weight excluding hydrogens is 434 g/mol. The molecule has 1 aromatic heterocycles. The Morgan fingerprint density at radius 3 is 2.64 bits per heavy atom. The van der Waals surface area contributed by atoms with Crippen LogP contribution in [0.3, 0.4) is 0 Å². The summed E-state index contributed by atoms with van der Waals surface area (Å²) in [7, 11) is 0. The van der Waals surface area contributed by atoms with Crippen LogP contribution in [-0.2, 0) is 4.74 Å². The normalized spacial score (nSPS) is 18.4. The highest BCUT2D eigenvalue weighted by Gasteiger charge is 2.16. The maximum Gasteiger partial charge on any atom is 0.206 e. The van der Waals surface area contributed by atoms with Crippen molar-refractivity contribution in [2.45, 2.75) is 39.7 Å². The fraction of sp³-hybridized carbons (Fsp3) is 0.385. The molecule has 1 saturated heterocycles. The zero-order chi connectivity index (χ0) is 22.8. The Morgan fingerprint density at radius 2 is 1.82 bits per heavy atom. The van der Waals surface area contributed by atoms with Crippen molar-refractivity contribution in [2.24, 2.45) is 10.1 Å². The third-order valence-corrected chi connectivity index (χ3v) is 7.00. The lowest BCUT2D eigenvalue weighted by molar-refractivity contribution is 0.117. The van der Waals surface area contributed by atoms with Gasteiger partial charge in [-0.1, -0.05) is 6.07 Å². The van der Waals surface area contributed by atoms with Crippen LogP contribution in [0.2, 0.25) is 0 Å². The molecule has 3 aromatic rings. The van der Waals surface area contributed by atoms with Crippen LogP contribution in [-0.4, -0.2) is 43.4 Å². The van der Waals surface area contributed by atoms with Gasteiger partial charge in [0, 0.05) is 17.6 Å². The molecular formula is C26H29N3O3S. The molecule has 0 amide bonds. The molecule has 0 N–H and O–H groups in total. The molecule has 6 nitrogen and oxygen atoms in total. The number of fused-ring (bicyclic) bond motifs is 1. The molecule has 1 atom stereocenters. The van der Waals surface area contributed by atoms with Gasteiger partial charge < -0.3 is 14.2 Å². The second-order valence-corrected chi connectivity index (χ2v) is 9.43. The van der Waals surface area contributed by atoms with E-state index in [1.807, 2.05) is 29.1 Å². The van der Waals surface area contributed by atoms with E-state index in [-0.39, 0.29) is 6.10 Å². The van der Waals surface area contributed by atoms with Gasteiger partial charge in [0.15, 0.2) is 11.5 Å². The van der Waals surface area contributed by atoms with Crippen LogP contribution in [0.4, 0.5) is 0 Å². The summed E-state index contributed by atoms with van der Waals surface area (Å²) < 4.78 is 19.1.